The zero-order chi connectivity index (χ0) is 8.69. The number of halogens is 2. The van der Waals surface area contributed by atoms with Gasteiger partial charge in [-0.05, 0) is 13.8 Å². The second-order valence-electron chi connectivity index (χ2n) is 2.23. The molecule has 1 rings (SSSR count). The molecule has 0 unspecified atom stereocenters. The summed E-state index contributed by atoms with van der Waals surface area (Å²) in [5, 5.41) is 0. The molecule has 4 heteroatoms. The third kappa shape index (κ3) is 9.15. The van der Waals surface area contributed by atoms with Crippen molar-refractivity contribution < 1.29 is 0 Å². The molecule has 0 aliphatic rings. The van der Waals surface area contributed by atoms with Crippen molar-refractivity contribution in [2.24, 2.45) is 0 Å². The first kappa shape index (κ1) is 15.5. The van der Waals surface area contributed by atoms with Gasteiger partial charge in [-0.1, -0.05) is 35.4 Å². The van der Waals surface area contributed by atoms with E-state index in [1.165, 1.54) is 11.1 Å². The second kappa shape index (κ2) is 10.1. The number of benzene rings is 1. The molecule has 2 radical (unpaired) electrons. The van der Waals surface area contributed by atoms with Gasteiger partial charge in [0.05, 0.1) is 0 Å². The molecule has 0 heterocycles. The summed E-state index contributed by atoms with van der Waals surface area (Å²) >= 11 is 6.22. The Hall–Kier alpha value is 1.06. The van der Waals surface area contributed by atoms with Crippen LogP contribution in [0.15, 0.2) is 24.3 Å². The fourth-order valence-corrected chi connectivity index (χ4v) is 0.807. The van der Waals surface area contributed by atoms with Crippen molar-refractivity contribution in [3.63, 3.8) is 0 Å². The summed E-state index contributed by atoms with van der Waals surface area (Å²) in [7, 11) is 0. The predicted molar refractivity (Wildman–Crippen MR) is 64.5 cm³/mol. The molecule has 0 saturated carbocycles. The molecule has 0 saturated heterocycles. The average Bonchev–Trinajstić information content (AvgIpc) is 1.88. The summed E-state index contributed by atoms with van der Waals surface area (Å²) in [5.74, 6) is 0. The number of hydrogen-bond acceptors (Lipinski definition) is 1. The molecule has 0 spiro atoms. The van der Waals surface area contributed by atoms with Crippen LogP contribution in [0.25, 0.3) is 0 Å². The van der Waals surface area contributed by atoms with Crippen molar-refractivity contribution in [3.8, 4) is 0 Å². The van der Waals surface area contributed by atoms with Crippen molar-refractivity contribution >= 4 is 43.4 Å². The van der Waals surface area contributed by atoms with Crippen LogP contribution in [0.4, 0.5) is 0 Å². The van der Waals surface area contributed by atoms with Gasteiger partial charge in [-0.15, -0.1) is 0 Å². The number of hydrogen-bond donors (Lipinski definition) is 1. The van der Waals surface area contributed by atoms with Crippen LogP contribution in [0.5, 0.6) is 0 Å². The molecule has 1 aromatic rings. The maximum absolute atomic E-state index is 3.26. The van der Waals surface area contributed by atoms with E-state index in [0.717, 1.165) is 0 Å². The zero-order valence-corrected chi connectivity index (χ0v) is 14.3. The van der Waals surface area contributed by atoms with Gasteiger partial charge in [0.25, 0.3) is 0 Å². The Bertz CT molecular complexity index is 189. The molecule has 0 aromatic heterocycles. The van der Waals surface area contributed by atoms with Gasteiger partial charge >= 0.3 is 43.4 Å². The van der Waals surface area contributed by atoms with Gasteiger partial charge in [0.15, 0.2) is 0 Å². The van der Waals surface area contributed by atoms with Crippen LogP contribution >= 0.6 is 24.0 Å². The van der Waals surface area contributed by atoms with E-state index in [1.54, 1.807) is 0 Å². The van der Waals surface area contributed by atoms with E-state index in [-0.39, 0.29) is 25.6 Å². The predicted octanol–water partition coefficient (Wildman–Crippen LogP) is 3.78. The van der Waals surface area contributed by atoms with Crippen molar-refractivity contribution in [3.05, 3.63) is 35.4 Å². The van der Waals surface area contributed by atoms with Crippen LogP contribution in [-0.2, 0) is 0 Å². The zero-order valence-electron chi connectivity index (χ0n) is 7.27. The Balaban J connectivity index is 0. The van der Waals surface area contributed by atoms with Gasteiger partial charge in [-0.25, -0.2) is 0 Å². The second-order valence-corrected chi connectivity index (χ2v) is 19.1. The molecule has 0 aliphatic heterocycles. The minimum absolute atomic E-state index is 0. The van der Waals surface area contributed by atoms with Crippen molar-refractivity contribution in [2.45, 2.75) is 13.8 Å². The Morgan fingerprint density at radius 2 is 1.42 bits per heavy atom. The van der Waals surface area contributed by atoms with E-state index in [4.69, 9.17) is 0 Å². The van der Waals surface area contributed by atoms with E-state index in [1.807, 2.05) is 0 Å². The molecular formula is C8H13Br2NPb. The quantitative estimate of drug-likeness (QED) is 0.553. The van der Waals surface area contributed by atoms with Crippen LogP contribution in [0, 0.1) is 13.8 Å². The molecule has 1 aromatic carbocycles. The monoisotopic (exact) mass is 489 g/mol. The topological polar surface area (TPSA) is 35.0 Å². The van der Waals surface area contributed by atoms with Crippen LogP contribution in [-0.4, -0.2) is 19.4 Å². The van der Waals surface area contributed by atoms with Crippen LogP contribution in [0.3, 0.4) is 0 Å². The van der Waals surface area contributed by atoms with Gasteiger partial charge < -0.3 is 6.15 Å². The average molecular weight is 490 g/mol. The first-order chi connectivity index (χ1) is 5.20. The van der Waals surface area contributed by atoms with E-state index in [2.05, 4.69) is 62.1 Å². The van der Waals surface area contributed by atoms with Crippen molar-refractivity contribution in [1.82, 2.24) is 6.15 Å². The van der Waals surface area contributed by atoms with Crippen molar-refractivity contribution in [1.29, 1.82) is 0 Å². The molecular weight excluding hydrogens is 477 g/mol. The third-order valence-corrected chi connectivity index (χ3v) is 1.17. The molecule has 0 aliphatic carbocycles. The summed E-state index contributed by atoms with van der Waals surface area (Å²) in [4.78, 5) is 0. The van der Waals surface area contributed by atoms with Gasteiger partial charge in [0.2, 0.25) is 0 Å². The Morgan fingerprint density at radius 3 is 1.58 bits per heavy atom. The third-order valence-electron chi connectivity index (χ3n) is 1.17. The summed E-state index contributed by atoms with van der Waals surface area (Å²) in [6.45, 7) is 4.21. The Labute approximate surface area is 97.7 Å². The summed E-state index contributed by atoms with van der Waals surface area (Å²) in [6, 6.07) is 8.45. The number of rotatable bonds is 0. The van der Waals surface area contributed by atoms with Gasteiger partial charge in [-0.2, -0.15) is 0 Å². The molecule has 0 fully saturated rings. The van der Waals surface area contributed by atoms with E-state index in [0.29, 0.717) is 0 Å². The van der Waals surface area contributed by atoms with Crippen LogP contribution < -0.4 is 6.15 Å². The SMILES string of the molecule is Cc1cccc(C)c1.N.[Br][Pb][Br]. The summed E-state index contributed by atoms with van der Waals surface area (Å²) in [5.41, 5.74) is 2.68. The number of aryl methyl sites for hydroxylation is 2. The molecule has 0 amide bonds. The van der Waals surface area contributed by atoms with Crippen LogP contribution in [0.2, 0.25) is 0 Å². The maximum atomic E-state index is 3.26. The first-order valence-corrected chi connectivity index (χ1v) is 20.1. The van der Waals surface area contributed by atoms with Crippen molar-refractivity contribution in [2.75, 3.05) is 0 Å². The van der Waals surface area contributed by atoms with E-state index < -0.39 is 0 Å². The van der Waals surface area contributed by atoms with Gasteiger partial charge in [-0.3, -0.25) is 0 Å². The fourth-order valence-electron chi connectivity index (χ4n) is 0.807. The summed E-state index contributed by atoms with van der Waals surface area (Å²) < 4.78 is 0. The molecule has 3 N–H and O–H groups in total. The minimum atomic E-state index is -0.292. The molecule has 12 heavy (non-hydrogen) atoms. The fraction of sp³-hybridized carbons (Fsp3) is 0.250. The van der Waals surface area contributed by atoms with E-state index in [9.17, 15) is 0 Å². The standard InChI is InChI=1S/C8H10.2BrH.H3N.Pb/c1-7-4-3-5-8(2)6-7;;;;/h3-6H,1-2H3;2*1H;1H3;/q;;;;+2/p-2. The Kier molecular flexibility index (Phi) is 13.1. The molecule has 68 valence electrons. The molecule has 0 atom stereocenters. The normalized spacial score (nSPS) is 7.67. The first-order valence-electron chi connectivity index (χ1n) is 3.20. The van der Waals surface area contributed by atoms with E-state index >= 15 is 0 Å². The van der Waals surface area contributed by atoms with Gasteiger partial charge in [0.1, 0.15) is 0 Å². The molecule has 1 nitrogen and oxygen atoms in total. The summed E-state index contributed by atoms with van der Waals surface area (Å²) in [6.07, 6.45) is 0. The Morgan fingerprint density at radius 1 is 1.08 bits per heavy atom. The molecule has 0 bridgehead atoms. The van der Waals surface area contributed by atoms with Gasteiger partial charge in [0, 0.05) is 0 Å². The van der Waals surface area contributed by atoms with Crippen LogP contribution in [0.1, 0.15) is 11.1 Å².